The van der Waals surface area contributed by atoms with Crippen molar-refractivity contribution in [1.29, 1.82) is 5.26 Å². The summed E-state index contributed by atoms with van der Waals surface area (Å²) in [7, 11) is 0. The van der Waals surface area contributed by atoms with Gasteiger partial charge in [0, 0.05) is 25.1 Å². The highest BCUT2D eigenvalue weighted by Crippen LogP contribution is 2.37. The first-order valence-corrected chi connectivity index (χ1v) is 8.05. The number of nitriles is 1. The summed E-state index contributed by atoms with van der Waals surface area (Å²) in [6.07, 6.45) is -2.68. The van der Waals surface area contributed by atoms with E-state index in [2.05, 4.69) is 0 Å². The minimum Gasteiger partial charge on any atom is -0.393 e. The van der Waals surface area contributed by atoms with Gasteiger partial charge in [-0.25, -0.2) is 0 Å². The molecule has 7 heteroatoms. The Morgan fingerprint density at radius 2 is 2.08 bits per heavy atom. The number of aliphatic hydroxyl groups is 1. The fourth-order valence-corrected chi connectivity index (χ4v) is 3.71. The van der Waals surface area contributed by atoms with Crippen molar-refractivity contribution in [3.05, 3.63) is 29.3 Å². The lowest BCUT2D eigenvalue weighted by atomic mass is 9.89. The zero-order chi connectivity index (χ0) is 17.3. The molecule has 1 aromatic carbocycles. The molecule has 0 aromatic heterocycles. The maximum absolute atomic E-state index is 12.9. The molecule has 0 radical (unpaired) electrons. The maximum atomic E-state index is 12.9. The van der Waals surface area contributed by atoms with E-state index in [0.717, 1.165) is 25.0 Å². The monoisotopic (exact) mass is 340 g/mol. The quantitative estimate of drug-likeness (QED) is 0.899. The van der Waals surface area contributed by atoms with Gasteiger partial charge in [-0.1, -0.05) is 0 Å². The third kappa shape index (κ3) is 3.21. The van der Waals surface area contributed by atoms with Gasteiger partial charge in [-0.3, -0.25) is 0 Å². The summed E-state index contributed by atoms with van der Waals surface area (Å²) in [6.45, 7) is 1.62. The van der Waals surface area contributed by atoms with Gasteiger partial charge in [-0.2, -0.15) is 18.4 Å². The van der Waals surface area contributed by atoms with Crippen molar-refractivity contribution < 1.29 is 23.0 Å². The topological polar surface area (TPSA) is 56.5 Å². The van der Waals surface area contributed by atoms with Crippen molar-refractivity contribution in [2.24, 2.45) is 5.92 Å². The van der Waals surface area contributed by atoms with E-state index < -0.39 is 17.8 Å². The molecule has 3 rings (SSSR count). The second-order valence-electron chi connectivity index (χ2n) is 6.34. The molecule has 2 saturated heterocycles. The first kappa shape index (κ1) is 17.1. The molecule has 24 heavy (non-hydrogen) atoms. The summed E-state index contributed by atoms with van der Waals surface area (Å²) < 4.78 is 44.0. The molecule has 2 aliphatic heterocycles. The van der Waals surface area contributed by atoms with Crippen LogP contribution in [0.25, 0.3) is 0 Å². The van der Waals surface area contributed by atoms with Crippen molar-refractivity contribution in [2.45, 2.75) is 37.6 Å². The van der Waals surface area contributed by atoms with Crippen LogP contribution in [0.1, 0.15) is 30.4 Å². The number of alkyl halides is 3. The summed E-state index contributed by atoms with van der Waals surface area (Å²) in [5.74, 6) is -0.0879. The van der Waals surface area contributed by atoms with E-state index in [9.17, 15) is 23.5 Å². The molecule has 0 aliphatic carbocycles. The van der Waals surface area contributed by atoms with Crippen LogP contribution < -0.4 is 4.90 Å². The number of aliphatic hydroxyl groups excluding tert-OH is 1. The molecule has 2 aliphatic rings. The molecule has 1 aromatic rings. The van der Waals surface area contributed by atoms with Crippen molar-refractivity contribution in [3.63, 3.8) is 0 Å². The summed E-state index contributed by atoms with van der Waals surface area (Å²) in [6, 6.07) is 5.15. The van der Waals surface area contributed by atoms with E-state index in [1.165, 1.54) is 6.07 Å². The smallest absolute Gasteiger partial charge is 0.393 e. The van der Waals surface area contributed by atoms with Gasteiger partial charge in [0.2, 0.25) is 0 Å². The zero-order valence-electron chi connectivity index (χ0n) is 13.1. The summed E-state index contributed by atoms with van der Waals surface area (Å²) in [5.41, 5.74) is -0.298. The molecular formula is C17H19F3N2O2. The van der Waals surface area contributed by atoms with E-state index >= 15 is 0 Å². The van der Waals surface area contributed by atoms with Gasteiger partial charge in [-0.15, -0.1) is 0 Å². The van der Waals surface area contributed by atoms with Crippen LogP contribution in [0.2, 0.25) is 0 Å². The molecule has 0 amide bonds. The number of ether oxygens (including phenoxy) is 1. The number of benzene rings is 1. The normalized spacial score (nSPS) is 28.0. The molecule has 0 spiro atoms. The Bertz CT molecular complexity index is 642. The average Bonchev–Trinajstić information content (AvgIpc) is 3.03. The number of hydrogen-bond acceptors (Lipinski definition) is 4. The van der Waals surface area contributed by atoms with Crippen molar-refractivity contribution >= 4 is 5.69 Å². The summed E-state index contributed by atoms with van der Waals surface area (Å²) in [4.78, 5) is 1.96. The molecule has 1 N–H and O–H groups in total. The zero-order valence-corrected chi connectivity index (χ0v) is 13.1. The molecule has 0 saturated carbocycles. The molecule has 2 fully saturated rings. The number of nitrogens with zero attached hydrogens (tertiary/aromatic N) is 2. The number of rotatable bonds is 2. The Morgan fingerprint density at radius 1 is 1.29 bits per heavy atom. The van der Waals surface area contributed by atoms with Gasteiger partial charge in [0.05, 0.1) is 29.5 Å². The summed E-state index contributed by atoms with van der Waals surface area (Å²) >= 11 is 0. The van der Waals surface area contributed by atoms with Gasteiger partial charge >= 0.3 is 6.18 Å². The van der Waals surface area contributed by atoms with Crippen LogP contribution in [0.5, 0.6) is 0 Å². The minimum absolute atomic E-state index is 0.0166. The predicted molar refractivity (Wildman–Crippen MR) is 81.5 cm³/mol. The molecule has 3 atom stereocenters. The average molecular weight is 340 g/mol. The Morgan fingerprint density at radius 3 is 2.75 bits per heavy atom. The molecule has 0 unspecified atom stereocenters. The lowest BCUT2D eigenvalue weighted by Crippen LogP contribution is -2.46. The third-order valence-corrected chi connectivity index (χ3v) is 4.91. The number of halogens is 3. The first-order valence-electron chi connectivity index (χ1n) is 8.05. The van der Waals surface area contributed by atoms with E-state index in [1.54, 1.807) is 0 Å². The van der Waals surface area contributed by atoms with Crippen LogP contribution >= 0.6 is 0 Å². The van der Waals surface area contributed by atoms with Crippen LogP contribution in [0, 0.1) is 17.2 Å². The molecule has 2 heterocycles. The first-order chi connectivity index (χ1) is 11.4. The van der Waals surface area contributed by atoms with Gasteiger partial charge in [-0.05, 0) is 37.5 Å². The van der Waals surface area contributed by atoms with Crippen LogP contribution in [0.3, 0.4) is 0 Å². The minimum atomic E-state index is -4.47. The van der Waals surface area contributed by atoms with Crippen LogP contribution in [-0.2, 0) is 10.9 Å². The molecule has 4 nitrogen and oxygen atoms in total. The highest BCUT2D eigenvalue weighted by Gasteiger charge is 2.39. The van der Waals surface area contributed by atoms with Gasteiger partial charge in [0.1, 0.15) is 6.07 Å². The Hall–Kier alpha value is -1.78. The fraction of sp³-hybridized carbons (Fsp3) is 0.588. The number of anilines is 1. The Labute approximate surface area is 138 Å². The standard InChI is InChI=1S/C17H19F3N2O2/c18-17(19,20)12-3-4-14(11(8-12)9-21)22-6-1-2-15(22)13-10-24-7-5-16(13)23/h3-4,8,13,15-16,23H,1-2,5-7,10H2/t13-,15-,16+/m1/s1. The lowest BCUT2D eigenvalue weighted by Gasteiger charge is -2.38. The van der Waals surface area contributed by atoms with Gasteiger partial charge in [0.25, 0.3) is 0 Å². The highest BCUT2D eigenvalue weighted by molar-refractivity contribution is 5.62. The Kier molecular flexibility index (Phi) is 4.70. The largest absolute Gasteiger partial charge is 0.416 e. The fourth-order valence-electron chi connectivity index (χ4n) is 3.71. The molecular weight excluding hydrogens is 321 g/mol. The second kappa shape index (κ2) is 6.61. The third-order valence-electron chi connectivity index (χ3n) is 4.91. The lowest BCUT2D eigenvalue weighted by molar-refractivity contribution is -0.137. The van der Waals surface area contributed by atoms with E-state index in [0.29, 0.717) is 31.9 Å². The molecule has 0 bridgehead atoms. The van der Waals surface area contributed by atoms with E-state index in [4.69, 9.17) is 4.74 Å². The van der Waals surface area contributed by atoms with E-state index in [1.807, 2.05) is 11.0 Å². The number of hydrogen-bond donors (Lipinski definition) is 1. The van der Waals surface area contributed by atoms with Crippen LogP contribution in [-0.4, -0.2) is 37.0 Å². The second-order valence-corrected chi connectivity index (χ2v) is 6.34. The van der Waals surface area contributed by atoms with Crippen molar-refractivity contribution in [1.82, 2.24) is 0 Å². The van der Waals surface area contributed by atoms with Crippen molar-refractivity contribution in [2.75, 3.05) is 24.7 Å². The predicted octanol–water partition coefficient (Wildman–Crippen LogP) is 2.94. The van der Waals surface area contributed by atoms with Crippen molar-refractivity contribution in [3.8, 4) is 6.07 Å². The van der Waals surface area contributed by atoms with Crippen LogP contribution in [0.15, 0.2) is 18.2 Å². The van der Waals surface area contributed by atoms with Gasteiger partial charge in [0.15, 0.2) is 0 Å². The molecule has 130 valence electrons. The maximum Gasteiger partial charge on any atom is 0.416 e. The SMILES string of the molecule is N#Cc1cc(C(F)(F)F)ccc1N1CCC[C@@H]1[C@H]1COCC[C@@H]1O. The van der Waals surface area contributed by atoms with Gasteiger partial charge < -0.3 is 14.7 Å². The highest BCUT2D eigenvalue weighted by atomic mass is 19.4. The summed E-state index contributed by atoms with van der Waals surface area (Å²) in [5, 5.41) is 19.6. The van der Waals surface area contributed by atoms with E-state index in [-0.39, 0.29) is 17.5 Å². The Balaban J connectivity index is 1.91. The van der Waals surface area contributed by atoms with Crippen LogP contribution in [0.4, 0.5) is 18.9 Å².